The fourth-order valence-corrected chi connectivity index (χ4v) is 2.47. The Morgan fingerprint density at radius 1 is 1.39 bits per heavy atom. The molecule has 0 bridgehead atoms. The van der Waals surface area contributed by atoms with E-state index in [1.807, 2.05) is 0 Å². The molecule has 1 saturated heterocycles. The zero-order valence-corrected chi connectivity index (χ0v) is 11.3. The SMILES string of the molecule is CC(C)c1nc(C2CCCCCN2CCO)no1. The van der Waals surface area contributed by atoms with Crippen LogP contribution < -0.4 is 0 Å². The molecule has 2 heterocycles. The van der Waals surface area contributed by atoms with Crippen LogP contribution in [-0.4, -0.2) is 39.8 Å². The molecule has 1 atom stereocenters. The largest absolute Gasteiger partial charge is 0.395 e. The van der Waals surface area contributed by atoms with E-state index in [9.17, 15) is 0 Å². The van der Waals surface area contributed by atoms with Crippen molar-refractivity contribution in [3.05, 3.63) is 11.7 Å². The molecule has 1 aromatic rings. The van der Waals surface area contributed by atoms with Gasteiger partial charge in [-0.05, 0) is 19.4 Å². The molecular weight excluding hydrogens is 230 g/mol. The molecule has 1 fully saturated rings. The van der Waals surface area contributed by atoms with Crippen molar-refractivity contribution in [3.63, 3.8) is 0 Å². The van der Waals surface area contributed by atoms with Gasteiger partial charge in [-0.3, -0.25) is 4.90 Å². The Bertz CT molecular complexity index is 365. The highest BCUT2D eigenvalue weighted by atomic mass is 16.5. The van der Waals surface area contributed by atoms with Crippen LogP contribution in [0.5, 0.6) is 0 Å². The van der Waals surface area contributed by atoms with Gasteiger partial charge in [0.05, 0.1) is 12.6 Å². The lowest BCUT2D eigenvalue weighted by molar-refractivity contribution is 0.146. The number of hydrogen-bond donors (Lipinski definition) is 1. The smallest absolute Gasteiger partial charge is 0.229 e. The second-order valence-electron chi connectivity index (χ2n) is 5.27. The van der Waals surface area contributed by atoms with E-state index in [-0.39, 0.29) is 18.6 Å². The molecule has 0 spiro atoms. The van der Waals surface area contributed by atoms with E-state index in [4.69, 9.17) is 9.63 Å². The molecule has 1 aromatic heterocycles. The van der Waals surface area contributed by atoms with Crippen LogP contribution in [-0.2, 0) is 0 Å². The molecule has 2 rings (SSSR count). The van der Waals surface area contributed by atoms with Crippen LogP contribution in [0.25, 0.3) is 0 Å². The van der Waals surface area contributed by atoms with Crippen LogP contribution in [0.15, 0.2) is 4.52 Å². The molecule has 0 amide bonds. The van der Waals surface area contributed by atoms with Crippen molar-refractivity contribution in [1.82, 2.24) is 15.0 Å². The monoisotopic (exact) mass is 253 g/mol. The first kappa shape index (κ1) is 13.5. The molecule has 1 N–H and O–H groups in total. The van der Waals surface area contributed by atoms with Crippen LogP contribution in [0.3, 0.4) is 0 Å². The van der Waals surface area contributed by atoms with Crippen LogP contribution >= 0.6 is 0 Å². The number of likely N-dealkylation sites (tertiary alicyclic amines) is 1. The van der Waals surface area contributed by atoms with Gasteiger partial charge < -0.3 is 9.63 Å². The molecule has 1 aliphatic rings. The third-order valence-electron chi connectivity index (χ3n) is 3.50. The Balaban J connectivity index is 2.15. The fourth-order valence-electron chi connectivity index (χ4n) is 2.47. The van der Waals surface area contributed by atoms with E-state index >= 15 is 0 Å². The van der Waals surface area contributed by atoms with Crippen molar-refractivity contribution >= 4 is 0 Å². The van der Waals surface area contributed by atoms with Crippen molar-refractivity contribution < 1.29 is 9.63 Å². The number of hydrogen-bond acceptors (Lipinski definition) is 5. The maximum atomic E-state index is 9.16. The maximum absolute atomic E-state index is 9.16. The lowest BCUT2D eigenvalue weighted by Crippen LogP contribution is -2.31. The molecule has 1 aliphatic heterocycles. The van der Waals surface area contributed by atoms with Gasteiger partial charge in [-0.1, -0.05) is 31.8 Å². The standard InChI is InChI=1S/C13H23N3O2/c1-10(2)13-14-12(15-18-13)11-6-4-3-5-7-16(11)8-9-17/h10-11,17H,3-9H2,1-2H3. The molecule has 0 radical (unpaired) electrons. The Morgan fingerprint density at radius 2 is 2.22 bits per heavy atom. The van der Waals surface area contributed by atoms with Gasteiger partial charge in [0.25, 0.3) is 0 Å². The van der Waals surface area contributed by atoms with E-state index in [0.717, 1.165) is 18.8 Å². The predicted molar refractivity (Wildman–Crippen MR) is 68.3 cm³/mol. The van der Waals surface area contributed by atoms with E-state index in [1.165, 1.54) is 19.3 Å². The van der Waals surface area contributed by atoms with E-state index < -0.39 is 0 Å². The summed E-state index contributed by atoms with van der Waals surface area (Å²) >= 11 is 0. The summed E-state index contributed by atoms with van der Waals surface area (Å²) in [6, 6.07) is 0.205. The number of aliphatic hydroxyl groups is 1. The molecule has 18 heavy (non-hydrogen) atoms. The van der Waals surface area contributed by atoms with E-state index in [2.05, 4.69) is 28.9 Å². The van der Waals surface area contributed by atoms with Gasteiger partial charge >= 0.3 is 0 Å². The lowest BCUT2D eigenvalue weighted by atomic mass is 10.1. The average Bonchev–Trinajstić information content (AvgIpc) is 2.72. The van der Waals surface area contributed by atoms with E-state index in [1.54, 1.807) is 0 Å². The summed E-state index contributed by atoms with van der Waals surface area (Å²) in [4.78, 5) is 6.79. The third kappa shape index (κ3) is 3.09. The Kier molecular flexibility index (Phi) is 4.72. The van der Waals surface area contributed by atoms with Crippen molar-refractivity contribution in [2.45, 2.75) is 51.5 Å². The average molecular weight is 253 g/mol. The lowest BCUT2D eigenvalue weighted by Gasteiger charge is -2.26. The molecular formula is C13H23N3O2. The zero-order chi connectivity index (χ0) is 13.0. The number of nitrogens with zero attached hydrogens (tertiary/aromatic N) is 3. The number of aliphatic hydroxyl groups excluding tert-OH is 1. The Labute approximate surface area is 108 Å². The van der Waals surface area contributed by atoms with Gasteiger partial charge in [0, 0.05) is 12.5 Å². The van der Waals surface area contributed by atoms with Crippen LogP contribution in [0.2, 0.25) is 0 Å². The van der Waals surface area contributed by atoms with Gasteiger partial charge in [0.2, 0.25) is 5.89 Å². The maximum Gasteiger partial charge on any atom is 0.229 e. The molecule has 0 saturated carbocycles. The summed E-state index contributed by atoms with van der Waals surface area (Å²) in [6.45, 7) is 5.99. The van der Waals surface area contributed by atoms with Gasteiger partial charge in [0.1, 0.15) is 0 Å². The summed E-state index contributed by atoms with van der Waals surface area (Å²) in [5, 5.41) is 13.3. The van der Waals surface area contributed by atoms with Crippen LogP contribution in [0.1, 0.15) is 63.2 Å². The van der Waals surface area contributed by atoms with Crippen molar-refractivity contribution in [2.75, 3.05) is 19.7 Å². The second-order valence-corrected chi connectivity index (χ2v) is 5.27. The first-order chi connectivity index (χ1) is 8.72. The topological polar surface area (TPSA) is 62.4 Å². The number of aromatic nitrogens is 2. The van der Waals surface area contributed by atoms with Gasteiger partial charge in [-0.15, -0.1) is 0 Å². The van der Waals surface area contributed by atoms with Crippen LogP contribution in [0.4, 0.5) is 0 Å². The summed E-state index contributed by atoms with van der Waals surface area (Å²) in [5.74, 6) is 1.76. The van der Waals surface area contributed by atoms with Crippen molar-refractivity contribution in [2.24, 2.45) is 0 Å². The van der Waals surface area contributed by atoms with E-state index in [0.29, 0.717) is 12.4 Å². The quantitative estimate of drug-likeness (QED) is 0.890. The molecule has 102 valence electrons. The molecule has 1 unspecified atom stereocenters. The van der Waals surface area contributed by atoms with Crippen molar-refractivity contribution in [3.8, 4) is 0 Å². The molecule has 0 aromatic carbocycles. The minimum Gasteiger partial charge on any atom is -0.395 e. The Hall–Kier alpha value is -0.940. The highest BCUT2D eigenvalue weighted by Gasteiger charge is 2.26. The summed E-state index contributed by atoms with van der Waals surface area (Å²) < 4.78 is 5.30. The molecule has 5 heteroatoms. The predicted octanol–water partition coefficient (Wildman–Crippen LogP) is 2.10. The Morgan fingerprint density at radius 3 is 2.89 bits per heavy atom. The molecule has 5 nitrogen and oxygen atoms in total. The summed E-state index contributed by atoms with van der Waals surface area (Å²) in [6.07, 6.45) is 4.67. The minimum atomic E-state index is 0.186. The summed E-state index contributed by atoms with van der Waals surface area (Å²) in [7, 11) is 0. The fraction of sp³-hybridized carbons (Fsp3) is 0.846. The van der Waals surface area contributed by atoms with Gasteiger partial charge in [0.15, 0.2) is 5.82 Å². The highest BCUT2D eigenvalue weighted by Crippen LogP contribution is 2.28. The van der Waals surface area contributed by atoms with Crippen molar-refractivity contribution in [1.29, 1.82) is 0 Å². The summed E-state index contributed by atoms with van der Waals surface area (Å²) in [5.41, 5.74) is 0. The number of β-amino-alcohol motifs (C(OH)–C–C–N with tert-alkyl or cyclic N) is 1. The minimum absolute atomic E-state index is 0.186. The molecule has 0 aliphatic carbocycles. The first-order valence-electron chi connectivity index (χ1n) is 6.90. The van der Waals surface area contributed by atoms with Gasteiger partial charge in [-0.25, -0.2) is 0 Å². The first-order valence-corrected chi connectivity index (χ1v) is 6.90. The zero-order valence-electron chi connectivity index (χ0n) is 11.3. The third-order valence-corrected chi connectivity index (χ3v) is 3.50. The van der Waals surface area contributed by atoms with Crippen LogP contribution in [0, 0.1) is 0 Å². The highest BCUT2D eigenvalue weighted by molar-refractivity contribution is 4.98. The normalized spacial score (nSPS) is 22.3. The second kappa shape index (κ2) is 6.29. The number of rotatable bonds is 4. The van der Waals surface area contributed by atoms with Gasteiger partial charge in [-0.2, -0.15) is 4.98 Å².